The summed E-state index contributed by atoms with van der Waals surface area (Å²) in [7, 11) is 1.57. The van der Waals surface area contributed by atoms with E-state index in [1.165, 1.54) is 6.07 Å². The summed E-state index contributed by atoms with van der Waals surface area (Å²) in [5.74, 6) is -4.50. The van der Waals surface area contributed by atoms with Gasteiger partial charge in [-0.15, -0.1) is 0 Å². The number of halogens is 5. The first-order valence-electron chi connectivity index (χ1n) is 11.3. The Morgan fingerprint density at radius 3 is 2.12 bits per heavy atom. The molecule has 1 atom stereocenters. The molecule has 0 aromatic heterocycles. The maximum absolute atomic E-state index is 13.6. The summed E-state index contributed by atoms with van der Waals surface area (Å²) in [6.45, 7) is 0.254. The summed E-state index contributed by atoms with van der Waals surface area (Å²) in [5.41, 5.74) is 0.906. The van der Waals surface area contributed by atoms with Gasteiger partial charge >= 0.3 is 12.1 Å². The van der Waals surface area contributed by atoms with Gasteiger partial charge in [-0.2, -0.15) is 13.2 Å². The lowest BCUT2D eigenvalue weighted by molar-refractivity contribution is -0.192. The van der Waals surface area contributed by atoms with Crippen LogP contribution >= 0.6 is 0 Å². The average Bonchev–Trinajstić information content (AvgIpc) is 2.93. The molecule has 4 aromatic carbocycles. The Morgan fingerprint density at radius 1 is 0.925 bits per heavy atom. The number of alkyl halides is 3. The average molecular weight is 564 g/mol. The van der Waals surface area contributed by atoms with Crippen molar-refractivity contribution in [2.45, 2.75) is 18.8 Å². The molecule has 0 bridgehead atoms. The van der Waals surface area contributed by atoms with Gasteiger partial charge in [-0.1, -0.05) is 30.3 Å². The van der Waals surface area contributed by atoms with Crippen LogP contribution in [-0.4, -0.2) is 29.5 Å². The van der Waals surface area contributed by atoms with Gasteiger partial charge in [0.05, 0.1) is 13.2 Å². The molecule has 4 rings (SSSR count). The van der Waals surface area contributed by atoms with E-state index in [-0.39, 0.29) is 18.3 Å². The molecule has 4 N–H and O–H groups in total. The van der Waals surface area contributed by atoms with E-state index in [0.717, 1.165) is 23.3 Å². The third kappa shape index (κ3) is 7.20. The van der Waals surface area contributed by atoms with Crippen molar-refractivity contribution in [2.75, 3.05) is 12.4 Å². The number of ether oxygens (including phenoxy) is 1. The van der Waals surface area contributed by atoms with E-state index >= 15 is 0 Å². The van der Waals surface area contributed by atoms with E-state index in [9.17, 15) is 36.6 Å². The lowest BCUT2D eigenvalue weighted by atomic mass is 9.97. The first-order valence-corrected chi connectivity index (χ1v) is 11.3. The van der Waals surface area contributed by atoms with Crippen LogP contribution in [0.4, 0.5) is 33.3 Å². The second-order valence-electron chi connectivity index (χ2n) is 8.27. The van der Waals surface area contributed by atoms with Crippen LogP contribution in [0.5, 0.6) is 11.5 Å². The topological polar surface area (TPSA) is 125 Å². The van der Waals surface area contributed by atoms with Crippen molar-refractivity contribution in [3.05, 3.63) is 116 Å². The van der Waals surface area contributed by atoms with Crippen molar-refractivity contribution in [1.82, 2.24) is 5.32 Å². The molecule has 13 heteroatoms. The Labute approximate surface area is 223 Å². The van der Waals surface area contributed by atoms with Gasteiger partial charge in [0.1, 0.15) is 11.4 Å². The number of methoxy groups -OCH3 is 1. The van der Waals surface area contributed by atoms with Crippen molar-refractivity contribution in [3.8, 4) is 11.5 Å². The molecule has 0 saturated heterocycles. The van der Waals surface area contributed by atoms with Crippen molar-refractivity contribution in [3.63, 3.8) is 0 Å². The summed E-state index contributed by atoms with van der Waals surface area (Å²) in [4.78, 5) is 31.8. The van der Waals surface area contributed by atoms with Gasteiger partial charge in [-0.05, 0) is 53.1 Å². The molecule has 0 amide bonds. The Hall–Kier alpha value is -4.78. The van der Waals surface area contributed by atoms with Crippen LogP contribution in [0.15, 0.2) is 76.3 Å². The predicted molar refractivity (Wildman–Crippen MR) is 134 cm³/mol. The van der Waals surface area contributed by atoms with Gasteiger partial charge in [-0.25, -0.2) is 13.6 Å². The highest BCUT2D eigenvalue weighted by Gasteiger charge is 2.38. The highest BCUT2D eigenvalue weighted by Crippen LogP contribution is 2.29. The number of carboxylic acids is 1. The van der Waals surface area contributed by atoms with E-state index < -0.39 is 40.4 Å². The molecule has 0 spiro atoms. The van der Waals surface area contributed by atoms with Crippen LogP contribution < -0.4 is 26.2 Å². The van der Waals surface area contributed by atoms with E-state index in [1.54, 1.807) is 25.3 Å². The van der Waals surface area contributed by atoms with Gasteiger partial charge in [0.2, 0.25) is 0 Å². The molecule has 1 unspecified atom stereocenters. The van der Waals surface area contributed by atoms with Gasteiger partial charge in [-0.3, -0.25) is 9.59 Å². The monoisotopic (exact) mass is 564 g/mol. The number of aromatic hydroxyl groups is 1. The van der Waals surface area contributed by atoms with Gasteiger partial charge in [0.15, 0.2) is 17.4 Å². The second kappa shape index (κ2) is 12.4. The number of aliphatic carboxylic acids is 1. The zero-order valence-electron chi connectivity index (χ0n) is 20.6. The Bertz CT molecular complexity index is 1560. The third-order valence-electron chi connectivity index (χ3n) is 5.56. The minimum absolute atomic E-state index is 0.145. The SMILES string of the molecule is COc1ccc(C(NCc2ccc(F)c(F)c2)c2cccc(Nc3c(O)c(=O)c3=O)c2)cc1.O=C(O)C(F)(F)F. The van der Waals surface area contributed by atoms with Crippen molar-refractivity contribution >= 4 is 17.3 Å². The van der Waals surface area contributed by atoms with Crippen LogP contribution in [-0.2, 0) is 11.3 Å². The Morgan fingerprint density at radius 2 is 1.57 bits per heavy atom. The predicted octanol–water partition coefficient (Wildman–Crippen LogP) is 4.53. The maximum Gasteiger partial charge on any atom is 0.490 e. The first-order chi connectivity index (χ1) is 18.8. The molecule has 4 aromatic rings. The lowest BCUT2D eigenvalue weighted by Gasteiger charge is -2.21. The number of carboxylic acid groups (broad SMARTS) is 1. The number of nitrogens with one attached hydrogen (secondary N) is 2. The molecule has 8 nitrogen and oxygen atoms in total. The van der Waals surface area contributed by atoms with E-state index in [1.807, 2.05) is 30.3 Å². The quantitative estimate of drug-likeness (QED) is 0.182. The van der Waals surface area contributed by atoms with Crippen LogP contribution in [0.25, 0.3) is 0 Å². The molecule has 0 heterocycles. The fraction of sp³-hybridized carbons (Fsp3) is 0.148. The number of hydrogen-bond acceptors (Lipinski definition) is 7. The first kappa shape index (κ1) is 29.8. The van der Waals surface area contributed by atoms with Crippen molar-refractivity contribution < 1.29 is 41.7 Å². The normalized spacial score (nSPS) is 11.8. The van der Waals surface area contributed by atoms with Crippen LogP contribution in [0, 0.1) is 11.6 Å². The van der Waals surface area contributed by atoms with Crippen LogP contribution in [0.2, 0.25) is 0 Å². The highest BCUT2D eigenvalue weighted by atomic mass is 19.4. The third-order valence-corrected chi connectivity index (χ3v) is 5.56. The van der Waals surface area contributed by atoms with Crippen LogP contribution in [0.3, 0.4) is 0 Å². The van der Waals surface area contributed by atoms with Crippen molar-refractivity contribution in [2.24, 2.45) is 0 Å². The molecule has 0 fully saturated rings. The number of benzene rings is 3. The standard InChI is InChI=1S/C25H20F2N2O4.C2HF3O2/c1-33-18-8-6-15(7-9-18)21(28-13-14-5-10-19(26)20(27)11-14)16-3-2-4-17(12-16)29-22-23(30)25(32)24(22)31;3-2(4,5)1(6)7/h2-12,21,28-30H,13H2,1H3;(H,6,7). The highest BCUT2D eigenvalue weighted by molar-refractivity contribution is 5.73. The number of rotatable bonds is 8. The van der Waals surface area contributed by atoms with Gasteiger partial charge in [0, 0.05) is 12.2 Å². The zero-order chi connectivity index (χ0) is 29.6. The molecule has 0 saturated carbocycles. The Balaban J connectivity index is 0.000000559. The minimum Gasteiger partial charge on any atom is -0.502 e. The summed E-state index contributed by atoms with van der Waals surface area (Å²) in [6.07, 6.45) is -5.08. The van der Waals surface area contributed by atoms with Gasteiger partial charge in [0.25, 0.3) is 10.9 Å². The molecule has 0 aliphatic heterocycles. The maximum atomic E-state index is 13.6. The van der Waals surface area contributed by atoms with Crippen molar-refractivity contribution in [1.29, 1.82) is 0 Å². The molecule has 0 aliphatic rings. The largest absolute Gasteiger partial charge is 0.502 e. The molecule has 40 heavy (non-hydrogen) atoms. The fourth-order valence-corrected chi connectivity index (χ4v) is 3.53. The van der Waals surface area contributed by atoms with Gasteiger partial charge < -0.3 is 25.6 Å². The molecule has 0 radical (unpaired) electrons. The summed E-state index contributed by atoms with van der Waals surface area (Å²) >= 11 is 0. The molecule has 0 aliphatic carbocycles. The Kier molecular flexibility index (Phi) is 9.22. The van der Waals surface area contributed by atoms with Crippen LogP contribution in [0.1, 0.15) is 22.7 Å². The zero-order valence-corrected chi connectivity index (χ0v) is 20.6. The van der Waals surface area contributed by atoms with E-state index in [4.69, 9.17) is 14.6 Å². The summed E-state index contributed by atoms with van der Waals surface area (Å²) in [5, 5.41) is 22.9. The smallest absolute Gasteiger partial charge is 0.490 e. The summed E-state index contributed by atoms with van der Waals surface area (Å²) in [6, 6.07) is 17.8. The number of hydrogen-bond donors (Lipinski definition) is 4. The fourth-order valence-electron chi connectivity index (χ4n) is 3.53. The number of carbonyl (C=O) groups is 1. The summed E-state index contributed by atoms with van der Waals surface area (Å²) < 4.78 is 63.9. The second-order valence-corrected chi connectivity index (χ2v) is 8.27. The lowest BCUT2D eigenvalue weighted by Crippen LogP contribution is -2.32. The number of anilines is 2. The van der Waals surface area contributed by atoms with E-state index in [0.29, 0.717) is 17.0 Å². The molecule has 210 valence electrons. The van der Waals surface area contributed by atoms with E-state index in [2.05, 4.69) is 10.6 Å². The molecular weight excluding hydrogens is 543 g/mol. The molecular formula is C27H21F5N2O6. The minimum atomic E-state index is -5.08.